The summed E-state index contributed by atoms with van der Waals surface area (Å²) < 4.78 is 0. The van der Waals surface area contributed by atoms with Gasteiger partial charge in [-0.15, -0.1) is 0 Å². The Hall–Kier alpha value is -1.39. The van der Waals surface area contributed by atoms with E-state index in [1.165, 1.54) is 5.56 Å². The van der Waals surface area contributed by atoms with Crippen molar-refractivity contribution in [2.75, 3.05) is 32.7 Å². The Morgan fingerprint density at radius 2 is 1.82 bits per heavy atom. The Morgan fingerprint density at radius 1 is 1.18 bits per heavy atom. The second-order valence-corrected chi connectivity index (χ2v) is 6.54. The number of rotatable bonds is 6. The van der Waals surface area contributed by atoms with Gasteiger partial charge in [-0.1, -0.05) is 43.7 Å². The maximum Gasteiger partial charge on any atom is 0.242 e. The van der Waals surface area contributed by atoms with Crippen molar-refractivity contribution in [1.29, 1.82) is 0 Å². The van der Waals surface area contributed by atoms with Crippen LogP contribution in [0.1, 0.15) is 32.3 Å². The summed E-state index contributed by atoms with van der Waals surface area (Å²) in [6.45, 7) is 8.47. The van der Waals surface area contributed by atoms with Crippen LogP contribution in [-0.2, 0) is 11.2 Å². The fraction of sp³-hybridized carbons (Fsp3) is 0.611. The number of amides is 1. The fourth-order valence-electron chi connectivity index (χ4n) is 3.09. The number of nitrogens with two attached hydrogens (primary N) is 1. The van der Waals surface area contributed by atoms with Gasteiger partial charge in [0.15, 0.2) is 0 Å². The van der Waals surface area contributed by atoms with Crippen LogP contribution in [0.4, 0.5) is 0 Å². The van der Waals surface area contributed by atoms with E-state index in [9.17, 15) is 4.79 Å². The molecule has 1 atom stereocenters. The molecule has 0 aliphatic carbocycles. The minimum absolute atomic E-state index is 0.108. The van der Waals surface area contributed by atoms with E-state index in [1.807, 2.05) is 17.9 Å². The molecule has 0 bridgehead atoms. The molecule has 1 amide bonds. The third kappa shape index (κ3) is 4.55. The molecule has 1 heterocycles. The Kier molecular flexibility index (Phi) is 5.98. The van der Waals surface area contributed by atoms with Gasteiger partial charge in [-0.3, -0.25) is 9.69 Å². The molecule has 1 aromatic carbocycles. The Balaban J connectivity index is 1.77. The summed E-state index contributed by atoms with van der Waals surface area (Å²) in [4.78, 5) is 16.9. The van der Waals surface area contributed by atoms with Crippen LogP contribution in [0.25, 0.3) is 0 Å². The van der Waals surface area contributed by atoms with Crippen LogP contribution in [0, 0.1) is 0 Å². The van der Waals surface area contributed by atoms with E-state index in [0.717, 1.165) is 52.0 Å². The lowest BCUT2D eigenvalue weighted by atomic mass is 9.95. The lowest BCUT2D eigenvalue weighted by molar-refractivity contribution is -0.138. The van der Waals surface area contributed by atoms with Crippen LogP contribution < -0.4 is 5.73 Å². The van der Waals surface area contributed by atoms with Gasteiger partial charge in [-0.05, 0) is 25.3 Å². The number of hydrogen-bond acceptors (Lipinski definition) is 3. The highest BCUT2D eigenvalue weighted by molar-refractivity contribution is 5.85. The molecule has 22 heavy (non-hydrogen) atoms. The molecule has 0 spiro atoms. The zero-order valence-corrected chi connectivity index (χ0v) is 13.9. The van der Waals surface area contributed by atoms with E-state index in [-0.39, 0.29) is 5.91 Å². The van der Waals surface area contributed by atoms with E-state index in [0.29, 0.717) is 0 Å². The minimum Gasteiger partial charge on any atom is -0.339 e. The Bertz CT molecular complexity index is 464. The normalized spacial score (nSPS) is 19.0. The second-order valence-electron chi connectivity index (χ2n) is 6.54. The van der Waals surface area contributed by atoms with Crippen LogP contribution in [0.3, 0.4) is 0 Å². The van der Waals surface area contributed by atoms with Crippen molar-refractivity contribution in [1.82, 2.24) is 9.80 Å². The molecule has 4 nitrogen and oxygen atoms in total. The number of carbonyl (C=O) groups is 1. The van der Waals surface area contributed by atoms with Gasteiger partial charge in [0.25, 0.3) is 0 Å². The molecule has 0 radical (unpaired) electrons. The number of hydrogen-bond donors (Lipinski definition) is 1. The van der Waals surface area contributed by atoms with Crippen LogP contribution in [0.5, 0.6) is 0 Å². The standard InChI is InChI=1S/C18H29N3O/c1-3-10-18(2,19)17(22)21-14-12-20(13-15-21)11-9-16-7-5-4-6-8-16/h4-8H,3,9-15,19H2,1-2H3. The quantitative estimate of drug-likeness (QED) is 0.873. The van der Waals surface area contributed by atoms with E-state index >= 15 is 0 Å². The van der Waals surface area contributed by atoms with Crippen molar-refractivity contribution in [2.45, 2.75) is 38.6 Å². The Labute approximate surface area is 134 Å². The summed E-state index contributed by atoms with van der Waals surface area (Å²) in [6.07, 6.45) is 2.76. The molecule has 1 aliphatic rings. The van der Waals surface area contributed by atoms with Crippen molar-refractivity contribution < 1.29 is 4.79 Å². The first-order valence-electron chi connectivity index (χ1n) is 8.37. The van der Waals surface area contributed by atoms with Crippen LogP contribution in [0.15, 0.2) is 30.3 Å². The number of carbonyl (C=O) groups excluding carboxylic acids is 1. The minimum atomic E-state index is -0.707. The zero-order chi connectivity index (χ0) is 16.0. The van der Waals surface area contributed by atoms with Gasteiger partial charge < -0.3 is 10.6 Å². The average Bonchev–Trinajstić information content (AvgIpc) is 2.54. The van der Waals surface area contributed by atoms with Gasteiger partial charge in [-0.25, -0.2) is 0 Å². The lowest BCUT2D eigenvalue weighted by Gasteiger charge is -2.38. The van der Waals surface area contributed by atoms with Gasteiger partial charge >= 0.3 is 0 Å². The summed E-state index contributed by atoms with van der Waals surface area (Å²) >= 11 is 0. The van der Waals surface area contributed by atoms with Crippen LogP contribution >= 0.6 is 0 Å². The summed E-state index contributed by atoms with van der Waals surface area (Å²) in [7, 11) is 0. The van der Waals surface area contributed by atoms with E-state index in [4.69, 9.17) is 5.73 Å². The second kappa shape index (κ2) is 7.75. The molecule has 0 saturated carbocycles. The molecular weight excluding hydrogens is 274 g/mol. The van der Waals surface area contributed by atoms with Gasteiger partial charge in [0, 0.05) is 32.7 Å². The van der Waals surface area contributed by atoms with Crippen molar-refractivity contribution in [2.24, 2.45) is 5.73 Å². The van der Waals surface area contributed by atoms with Gasteiger partial charge in [-0.2, -0.15) is 0 Å². The largest absolute Gasteiger partial charge is 0.339 e. The number of nitrogens with zero attached hydrogens (tertiary/aromatic N) is 2. The predicted octanol–water partition coefficient (Wildman–Crippen LogP) is 1.89. The van der Waals surface area contributed by atoms with E-state index in [2.05, 4.69) is 36.1 Å². The average molecular weight is 303 g/mol. The summed E-state index contributed by atoms with van der Waals surface area (Å²) in [5.74, 6) is 0.108. The third-order valence-corrected chi connectivity index (χ3v) is 4.48. The van der Waals surface area contributed by atoms with Crippen molar-refractivity contribution in [3.05, 3.63) is 35.9 Å². The van der Waals surface area contributed by atoms with E-state index in [1.54, 1.807) is 0 Å². The first-order chi connectivity index (χ1) is 10.5. The van der Waals surface area contributed by atoms with Crippen LogP contribution in [-0.4, -0.2) is 54.0 Å². The zero-order valence-electron chi connectivity index (χ0n) is 13.9. The molecular formula is C18H29N3O. The molecule has 122 valence electrons. The fourth-order valence-corrected chi connectivity index (χ4v) is 3.09. The maximum atomic E-state index is 12.5. The van der Waals surface area contributed by atoms with E-state index < -0.39 is 5.54 Å². The van der Waals surface area contributed by atoms with Gasteiger partial charge in [0.2, 0.25) is 5.91 Å². The smallest absolute Gasteiger partial charge is 0.242 e. The third-order valence-electron chi connectivity index (χ3n) is 4.48. The predicted molar refractivity (Wildman–Crippen MR) is 90.7 cm³/mol. The molecule has 0 aromatic heterocycles. The molecule has 2 N–H and O–H groups in total. The molecule has 1 aliphatic heterocycles. The highest BCUT2D eigenvalue weighted by Crippen LogP contribution is 2.15. The van der Waals surface area contributed by atoms with Gasteiger partial charge in [0.05, 0.1) is 5.54 Å². The highest BCUT2D eigenvalue weighted by Gasteiger charge is 2.33. The highest BCUT2D eigenvalue weighted by atomic mass is 16.2. The molecule has 4 heteroatoms. The summed E-state index contributed by atoms with van der Waals surface area (Å²) in [5.41, 5.74) is 6.83. The molecule has 2 rings (SSSR count). The molecule has 1 saturated heterocycles. The topological polar surface area (TPSA) is 49.6 Å². The van der Waals surface area contributed by atoms with Crippen molar-refractivity contribution >= 4 is 5.91 Å². The van der Waals surface area contributed by atoms with Gasteiger partial charge in [0.1, 0.15) is 0 Å². The monoisotopic (exact) mass is 303 g/mol. The Morgan fingerprint density at radius 3 is 2.41 bits per heavy atom. The molecule has 1 unspecified atom stereocenters. The number of benzene rings is 1. The lowest BCUT2D eigenvalue weighted by Crippen LogP contribution is -2.58. The van der Waals surface area contributed by atoms with Crippen molar-refractivity contribution in [3.63, 3.8) is 0 Å². The van der Waals surface area contributed by atoms with Crippen molar-refractivity contribution in [3.8, 4) is 0 Å². The first kappa shape index (κ1) is 17.0. The maximum absolute atomic E-state index is 12.5. The summed E-state index contributed by atoms with van der Waals surface area (Å²) in [5, 5.41) is 0. The first-order valence-corrected chi connectivity index (χ1v) is 8.37. The summed E-state index contributed by atoms with van der Waals surface area (Å²) in [6, 6.07) is 10.6. The molecule has 1 aromatic rings. The number of piperazine rings is 1. The van der Waals surface area contributed by atoms with Crippen LogP contribution in [0.2, 0.25) is 0 Å². The SMILES string of the molecule is CCCC(C)(N)C(=O)N1CCN(CCc2ccccc2)CC1. The molecule has 1 fully saturated rings.